The molecular weight excluding hydrogens is 1050 g/mol. The summed E-state index contributed by atoms with van der Waals surface area (Å²) in [5, 5.41) is 5.87. The summed E-state index contributed by atoms with van der Waals surface area (Å²) in [6, 6.07) is 30.8. The van der Waals surface area contributed by atoms with Gasteiger partial charge < -0.3 is 25.1 Å². The Kier molecular flexibility index (Phi) is 17.5. The van der Waals surface area contributed by atoms with Crippen molar-refractivity contribution in [2.45, 2.75) is 147 Å². The number of rotatable bonds is 11. The summed E-state index contributed by atoms with van der Waals surface area (Å²) in [6.07, 6.45) is 3.94. The number of benzene rings is 4. The highest BCUT2D eigenvalue weighted by atomic mass is 32.2. The topological polar surface area (TPSA) is 193 Å². The number of H-pyrrole nitrogens is 1. The first-order chi connectivity index (χ1) is 38.2. The molecule has 436 valence electrons. The molecule has 2 saturated carbocycles. The summed E-state index contributed by atoms with van der Waals surface area (Å²) in [5.74, 6) is -2.41. The second kappa shape index (κ2) is 23.4. The van der Waals surface area contributed by atoms with E-state index in [9.17, 15) is 22.6 Å². The summed E-state index contributed by atoms with van der Waals surface area (Å²) < 4.78 is 49.7. The van der Waals surface area contributed by atoms with E-state index in [-0.39, 0.29) is 85.0 Å². The van der Waals surface area contributed by atoms with Gasteiger partial charge in [0.1, 0.15) is 39.9 Å². The van der Waals surface area contributed by atoms with Crippen LogP contribution in [0.4, 0.5) is 5.82 Å². The Balaban J connectivity index is 1.40. The molecule has 0 radical (unpaired) electrons. The molecule has 4 N–H and O–H groups in total. The molecular formula is C68H84N4O9S. The van der Waals surface area contributed by atoms with E-state index >= 15 is 9.59 Å². The van der Waals surface area contributed by atoms with Gasteiger partial charge in [-0.05, 0) is 107 Å². The zero-order chi connectivity index (χ0) is 60.0. The molecule has 8 rings (SSSR count). The van der Waals surface area contributed by atoms with Gasteiger partial charge in [0, 0.05) is 40.4 Å². The van der Waals surface area contributed by atoms with Crippen LogP contribution in [-0.2, 0) is 24.4 Å². The van der Waals surface area contributed by atoms with Crippen LogP contribution in [0.1, 0.15) is 171 Å². The average molecular weight is 1130 g/mol. The first-order valence-corrected chi connectivity index (χ1v) is 30.3. The summed E-state index contributed by atoms with van der Waals surface area (Å²) in [5.41, 5.74) is 1.91. The number of nitrogens with one attached hydrogen (secondary N) is 3. The lowest BCUT2D eigenvalue weighted by Crippen LogP contribution is -2.50. The summed E-state index contributed by atoms with van der Waals surface area (Å²) in [6.45, 7) is 32.4. The number of esters is 2. The van der Waals surface area contributed by atoms with Crippen LogP contribution in [0.15, 0.2) is 130 Å². The van der Waals surface area contributed by atoms with Crippen LogP contribution in [-0.4, -0.2) is 59.8 Å². The van der Waals surface area contributed by atoms with Crippen molar-refractivity contribution in [2.75, 3.05) is 5.32 Å². The molecule has 0 saturated heterocycles. The van der Waals surface area contributed by atoms with Gasteiger partial charge in [-0.2, -0.15) is 8.42 Å². The zero-order valence-electron chi connectivity index (χ0n) is 50.5. The minimum atomic E-state index is -4.90. The third-order valence-corrected chi connectivity index (χ3v) is 18.1. The van der Waals surface area contributed by atoms with Crippen molar-refractivity contribution < 1.29 is 41.6 Å². The normalized spacial score (nSPS) is 23.3. The van der Waals surface area contributed by atoms with E-state index in [4.69, 9.17) is 14.5 Å². The number of carbonyl (C=O) groups is 4. The van der Waals surface area contributed by atoms with E-state index in [0.29, 0.717) is 39.8 Å². The van der Waals surface area contributed by atoms with Crippen LogP contribution in [0.25, 0.3) is 22.8 Å². The third kappa shape index (κ3) is 13.3. The Morgan fingerprint density at radius 3 is 1.49 bits per heavy atom. The van der Waals surface area contributed by atoms with Crippen molar-refractivity contribution in [1.29, 1.82) is 0 Å². The van der Waals surface area contributed by atoms with Crippen molar-refractivity contribution in [3.05, 3.63) is 154 Å². The van der Waals surface area contributed by atoms with Crippen LogP contribution in [0.5, 0.6) is 0 Å². The van der Waals surface area contributed by atoms with Gasteiger partial charge in [-0.3, -0.25) is 14.1 Å². The number of aromatic amines is 1. The number of allylic oxidation sites excluding steroid dienone is 1. The predicted molar refractivity (Wildman–Crippen MR) is 326 cm³/mol. The van der Waals surface area contributed by atoms with Crippen molar-refractivity contribution >= 4 is 57.2 Å². The number of hydrogen-bond donors (Lipinski definition) is 4. The third-order valence-electron chi connectivity index (χ3n) is 17.2. The van der Waals surface area contributed by atoms with Gasteiger partial charge in [-0.25, -0.2) is 14.6 Å². The highest BCUT2D eigenvalue weighted by molar-refractivity contribution is 7.86. The second-order valence-corrected chi connectivity index (χ2v) is 29.0. The molecule has 82 heavy (non-hydrogen) atoms. The van der Waals surface area contributed by atoms with E-state index in [1.54, 1.807) is 18.2 Å². The number of carbonyl (C=O) groups excluding carboxylic acids is 4. The minimum Gasteiger partial charge on any atom is -0.458 e. The number of ether oxygens (including phenoxy) is 2. The van der Waals surface area contributed by atoms with Crippen LogP contribution < -0.4 is 10.6 Å². The molecule has 2 amide bonds. The Bertz CT molecular complexity index is 3390. The van der Waals surface area contributed by atoms with Crippen molar-refractivity contribution in [2.24, 2.45) is 62.2 Å². The number of hydrogen-bond acceptors (Lipinski definition) is 9. The van der Waals surface area contributed by atoms with Gasteiger partial charge in [0.2, 0.25) is 0 Å². The van der Waals surface area contributed by atoms with Gasteiger partial charge >= 0.3 is 11.9 Å². The molecule has 1 aliphatic heterocycles. The number of aliphatic imine (C=N–C) groups is 1. The Hall–Kier alpha value is -6.90. The molecule has 4 unspecified atom stereocenters. The molecule has 14 heteroatoms. The largest absolute Gasteiger partial charge is 0.458 e. The lowest BCUT2D eigenvalue weighted by atomic mass is 9.59. The smallest absolute Gasteiger partial charge is 0.342 e. The second-order valence-electron chi connectivity index (χ2n) is 27.6. The molecule has 2 fully saturated rings. The van der Waals surface area contributed by atoms with Crippen LogP contribution in [0.2, 0.25) is 0 Å². The van der Waals surface area contributed by atoms with Gasteiger partial charge in [0.05, 0.1) is 17.0 Å². The highest BCUT2D eigenvalue weighted by Crippen LogP contribution is 2.52. The van der Waals surface area contributed by atoms with E-state index in [1.807, 2.05) is 79.7 Å². The van der Waals surface area contributed by atoms with E-state index in [2.05, 4.69) is 113 Å². The maximum absolute atomic E-state index is 15.8. The molecule has 0 bridgehead atoms. The maximum Gasteiger partial charge on any atom is 0.342 e. The van der Waals surface area contributed by atoms with E-state index < -0.39 is 51.0 Å². The van der Waals surface area contributed by atoms with E-state index in [1.165, 1.54) is 18.2 Å². The van der Waals surface area contributed by atoms with Crippen molar-refractivity contribution in [3.63, 3.8) is 0 Å². The quantitative estimate of drug-likeness (QED) is 0.0735. The molecule has 3 aliphatic rings. The first kappa shape index (κ1) is 61.2. The Labute approximate surface area is 486 Å². The molecule has 2 heterocycles. The molecule has 0 spiro atoms. The molecule has 4 atom stereocenters. The molecule has 13 nitrogen and oxygen atoms in total. The van der Waals surface area contributed by atoms with Crippen LogP contribution in [0.3, 0.4) is 0 Å². The Morgan fingerprint density at radius 2 is 1.01 bits per heavy atom. The van der Waals surface area contributed by atoms with Crippen molar-refractivity contribution in [1.82, 2.24) is 10.3 Å². The summed E-state index contributed by atoms with van der Waals surface area (Å²) in [4.78, 5) is 68.7. The number of amides is 2. The molecule has 1 aromatic heterocycles. The number of aryl methyl sites for hydroxylation is 1. The Morgan fingerprint density at radius 1 is 0.585 bits per heavy atom. The molecule has 2 aliphatic carbocycles. The fourth-order valence-corrected chi connectivity index (χ4v) is 13.6. The van der Waals surface area contributed by atoms with Gasteiger partial charge in [-0.15, -0.1) is 0 Å². The fraction of sp³-hybridized carbons (Fsp3) is 0.456. The van der Waals surface area contributed by atoms with Gasteiger partial charge in [0.25, 0.3) is 21.9 Å². The number of anilines is 1. The lowest BCUT2D eigenvalue weighted by molar-refractivity contribution is -0.164. The highest BCUT2D eigenvalue weighted by Gasteiger charge is 2.51. The molecule has 4 aromatic carbocycles. The monoisotopic (exact) mass is 1130 g/mol. The lowest BCUT2D eigenvalue weighted by Gasteiger charge is -2.50. The van der Waals surface area contributed by atoms with Crippen molar-refractivity contribution in [3.8, 4) is 11.1 Å². The van der Waals surface area contributed by atoms with Gasteiger partial charge in [-0.1, -0.05) is 188 Å². The SMILES string of the molecule is Cc1ccccc1C(=O)Nc1[nH]c(C=C2N=C(NC(=O)c3ccccc3S(=O)(=O)O)C(C(=O)OC3C(C(C)(C)C)CC(C)CC3C(C)(C)C)=C2c2ccccc2)c(-c2ccccc2)c1C(=O)OC1C(C(C)(C)C)CC(C)CC1C(C)(C)C. The standard InChI is InChI=1S/C68H84N4O9S/c1-39-34-46(65(4,5)6)57(47(35-39)66(7,8)9)80-63(75)55-53(42-27-18-16-19-28-42)50(69-59(55)71-61(73)44-31-23-22-26-41(44)3)38-51-54(43-29-20-17-21-30-43)56(60(70-51)72-62(74)45-32-24-25-33-52(45)82(77,78)79)64(76)81-58-48(67(10,11)12)36-40(2)37-49(58)68(13,14)15/h16-33,38-40,46-49,57-58,69H,34-37H2,1-15H3,(H,71,73)(H,70,72,74)(H,77,78,79). The predicted octanol–water partition coefficient (Wildman–Crippen LogP) is 15.1. The zero-order valence-corrected chi connectivity index (χ0v) is 51.3. The summed E-state index contributed by atoms with van der Waals surface area (Å²) in [7, 11) is -4.90. The fourth-order valence-electron chi connectivity index (χ4n) is 12.9. The van der Waals surface area contributed by atoms with Crippen LogP contribution >= 0.6 is 0 Å². The van der Waals surface area contributed by atoms with E-state index in [0.717, 1.165) is 37.3 Å². The number of nitrogens with zero attached hydrogens (tertiary/aromatic N) is 1. The maximum atomic E-state index is 15.8. The average Bonchev–Trinajstić information content (AvgIpc) is 4.04. The first-order valence-electron chi connectivity index (χ1n) is 28.8. The van der Waals surface area contributed by atoms with Crippen LogP contribution in [0, 0.1) is 64.1 Å². The van der Waals surface area contributed by atoms with Gasteiger partial charge in [0.15, 0.2) is 0 Å². The number of amidine groups is 1. The minimum absolute atomic E-state index is 0.00726. The molecule has 5 aromatic rings. The summed E-state index contributed by atoms with van der Waals surface area (Å²) >= 11 is 0. The number of aromatic nitrogens is 1.